The minimum absolute atomic E-state index is 0.0818. The maximum Gasteiger partial charge on any atom is 0.263 e. The van der Waals surface area contributed by atoms with Gasteiger partial charge >= 0.3 is 0 Å². The number of sulfonamides is 1. The monoisotopic (exact) mass is 407 g/mol. The maximum absolute atomic E-state index is 12.2. The van der Waals surface area contributed by atoms with Crippen molar-refractivity contribution in [1.82, 2.24) is 0 Å². The molecular formula is C13H11ClINO2S. The lowest BCUT2D eigenvalue weighted by Gasteiger charge is -2.10. The molecule has 2 rings (SSSR count). The van der Waals surface area contributed by atoms with E-state index in [1.54, 1.807) is 24.3 Å². The van der Waals surface area contributed by atoms with E-state index in [1.165, 1.54) is 6.07 Å². The summed E-state index contributed by atoms with van der Waals surface area (Å²) in [6.45, 7) is 1.86. The fourth-order valence-corrected chi connectivity index (χ4v) is 3.57. The fourth-order valence-electron chi connectivity index (χ4n) is 1.55. The van der Waals surface area contributed by atoms with Crippen molar-refractivity contribution in [2.75, 3.05) is 4.72 Å². The van der Waals surface area contributed by atoms with Gasteiger partial charge in [-0.05, 0) is 71.5 Å². The van der Waals surface area contributed by atoms with Crippen molar-refractivity contribution in [3.8, 4) is 0 Å². The van der Waals surface area contributed by atoms with Crippen LogP contribution in [0.1, 0.15) is 5.56 Å². The lowest BCUT2D eigenvalue weighted by atomic mass is 10.2. The minimum atomic E-state index is -3.66. The molecule has 0 fully saturated rings. The number of aryl methyl sites for hydroxylation is 1. The van der Waals surface area contributed by atoms with Crippen molar-refractivity contribution >= 4 is 49.9 Å². The molecule has 1 N–H and O–H groups in total. The van der Waals surface area contributed by atoms with E-state index in [9.17, 15) is 8.42 Å². The third-order valence-corrected chi connectivity index (χ3v) is 5.06. The predicted molar refractivity (Wildman–Crippen MR) is 86.2 cm³/mol. The first-order chi connectivity index (χ1) is 8.88. The van der Waals surface area contributed by atoms with Crippen LogP contribution in [-0.4, -0.2) is 8.42 Å². The third-order valence-electron chi connectivity index (χ3n) is 2.47. The normalized spacial score (nSPS) is 11.3. The molecule has 0 unspecified atom stereocenters. The van der Waals surface area contributed by atoms with E-state index in [0.29, 0.717) is 5.69 Å². The van der Waals surface area contributed by atoms with Crippen LogP contribution in [0.3, 0.4) is 0 Å². The Hall–Kier alpha value is -0.790. The van der Waals surface area contributed by atoms with Gasteiger partial charge in [-0.2, -0.15) is 0 Å². The Morgan fingerprint density at radius 1 is 1.11 bits per heavy atom. The second-order valence-corrected chi connectivity index (χ2v) is 7.35. The predicted octanol–water partition coefficient (Wildman–Crippen LogP) is 4.05. The van der Waals surface area contributed by atoms with Crippen molar-refractivity contribution in [2.45, 2.75) is 11.8 Å². The zero-order chi connectivity index (χ0) is 14.0. The van der Waals surface area contributed by atoms with Gasteiger partial charge in [-0.1, -0.05) is 17.7 Å². The summed E-state index contributed by atoms with van der Waals surface area (Å²) < 4.78 is 28.0. The number of hydrogen-bond acceptors (Lipinski definition) is 2. The number of halogens is 2. The molecule has 19 heavy (non-hydrogen) atoms. The zero-order valence-electron chi connectivity index (χ0n) is 10.0. The summed E-state index contributed by atoms with van der Waals surface area (Å²) in [7, 11) is -3.66. The van der Waals surface area contributed by atoms with Crippen molar-refractivity contribution < 1.29 is 8.42 Å². The van der Waals surface area contributed by atoms with Gasteiger partial charge in [-0.25, -0.2) is 8.42 Å². The highest BCUT2D eigenvalue weighted by Gasteiger charge is 2.17. The highest BCUT2D eigenvalue weighted by atomic mass is 127. The Morgan fingerprint density at radius 2 is 1.74 bits per heavy atom. The molecule has 2 aromatic carbocycles. The molecule has 0 aliphatic rings. The van der Waals surface area contributed by atoms with E-state index in [1.807, 2.05) is 19.1 Å². The third kappa shape index (κ3) is 3.61. The second-order valence-electron chi connectivity index (χ2n) is 4.05. The van der Waals surface area contributed by atoms with E-state index in [0.717, 1.165) is 9.13 Å². The Kier molecular flexibility index (Phi) is 4.37. The Labute approximate surface area is 131 Å². The van der Waals surface area contributed by atoms with Gasteiger partial charge in [0.15, 0.2) is 0 Å². The lowest BCUT2D eigenvalue weighted by molar-refractivity contribution is 0.601. The molecule has 0 spiro atoms. The molecule has 0 heterocycles. The van der Waals surface area contributed by atoms with Gasteiger partial charge in [-0.3, -0.25) is 4.72 Å². The van der Waals surface area contributed by atoms with Crippen molar-refractivity contribution in [3.63, 3.8) is 0 Å². The summed E-state index contributed by atoms with van der Waals surface area (Å²) in [6, 6.07) is 11.9. The average molecular weight is 408 g/mol. The summed E-state index contributed by atoms with van der Waals surface area (Å²) >= 11 is 8.14. The number of rotatable bonds is 3. The highest BCUT2D eigenvalue weighted by molar-refractivity contribution is 14.1. The van der Waals surface area contributed by atoms with Crippen LogP contribution in [0.2, 0.25) is 5.02 Å². The molecule has 0 saturated carbocycles. The molecule has 0 aromatic heterocycles. The molecule has 0 amide bonds. The lowest BCUT2D eigenvalue weighted by Crippen LogP contribution is -2.13. The summed E-state index contributed by atoms with van der Waals surface area (Å²) in [5.74, 6) is 0. The zero-order valence-corrected chi connectivity index (χ0v) is 13.8. The molecule has 100 valence electrons. The SMILES string of the molecule is Cc1ccc(S(=O)(=O)Nc2ccc(I)cc2)c(Cl)c1. The van der Waals surface area contributed by atoms with Crippen LogP contribution < -0.4 is 4.72 Å². The Balaban J connectivity index is 2.35. The van der Waals surface area contributed by atoms with Crippen LogP contribution in [0.5, 0.6) is 0 Å². The topological polar surface area (TPSA) is 46.2 Å². The smallest absolute Gasteiger partial charge is 0.263 e. The molecule has 0 atom stereocenters. The first-order valence-corrected chi connectivity index (χ1v) is 8.37. The molecule has 3 nitrogen and oxygen atoms in total. The summed E-state index contributed by atoms with van der Waals surface area (Å²) in [5.41, 5.74) is 1.43. The summed E-state index contributed by atoms with van der Waals surface area (Å²) in [6.07, 6.45) is 0. The van der Waals surface area contributed by atoms with Gasteiger partial charge in [0, 0.05) is 9.26 Å². The van der Waals surface area contributed by atoms with Gasteiger partial charge in [0.05, 0.1) is 5.02 Å². The van der Waals surface area contributed by atoms with E-state index >= 15 is 0 Å². The van der Waals surface area contributed by atoms with E-state index in [2.05, 4.69) is 27.3 Å². The van der Waals surface area contributed by atoms with Crippen LogP contribution in [0.4, 0.5) is 5.69 Å². The second kappa shape index (κ2) is 5.68. The van der Waals surface area contributed by atoms with Gasteiger partial charge in [-0.15, -0.1) is 0 Å². The molecule has 0 saturated heterocycles. The van der Waals surface area contributed by atoms with Gasteiger partial charge in [0.1, 0.15) is 4.90 Å². The molecular weight excluding hydrogens is 397 g/mol. The van der Waals surface area contributed by atoms with Gasteiger partial charge in [0.2, 0.25) is 0 Å². The number of nitrogens with one attached hydrogen (secondary N) is 1. The molecule has 0 aliphatic carbocycles. The van der Waals surface area contributed by atoms with E-state index < -0.39 is 10.0 Å². The van der Waals surface area contributed by atoms with Crippen molar-refractivity contribution in [2.24, 2.45) is 0 Å². The Bertz CT molecular complexity index is 699. The van der Waals surface area contributed by atoms with Crippen molar-refractivity contribution in [1.29, 1.82) is 0 Å². The first-order valence-electron chi connectivity index (χ1n) is 5.43. The highest BCUT2D eigenvalue weighted by Crippen LogP contribution is 2.24. The number of anilines is 1. The summed E-state index contributed by atoms with van der Waals surface area (Å²) in [4.78, 5) is 0.0818. The van der Waals surface area contributed by atoms with Crippen molar-refractivity contribution in [3.05, 3.63) is 56.6 Å². The number of hydrogen-bond donors (Lipinski definition) is 1. The van der Waals surface area contributed by atoms with E-state index in [-0.39, 0.29) is 9.92 Å². The van der Waals surface area contributed by atoms with Gasteiger partial charge < -0.3 is 0 Å². The Morgan fingerprint density at radius 3 is 2.32 bits per heavy atom. The van der Waals surface area contributed by atoms with Gasteiger partial charge in [0.25, 0.3) is 10.0 Å². The van der Waals surface area contributed by atoms with Crippen LogP contribution in [0.15, 0.2) is 47.4 Å². The molecule has 6 heteroatoms. The standard InChI is InChI=1S/C13H11ClINO2S/c1-9-2-7-13(12(14)8-9)19(17,18)16-11-5-3-10(15)4-6-11/h2-8,16H,1H3. The maximum atomic E-state index is 12.2. The number of benzene rings is 2. The average Bonchev–Trinajstić information content (AvgIpc) is 2.31. The fraction of sp³-hybridized carbons (Fsp3) is 0.0769. The molecule has 0 aliphatic heterocycles. The quantitative estimate of drug-likeness (QED) is 0.780. The van der Waals surface area contributed by atoms with Crippen LogP contribution in [0, 0.1) is 10.5 Å². The van der Waals surface area contributed by atoms with Crippen LogP contribution >= 0.6 is 34.2 Å². The first kappa shape index (κ1) is 14.6. The molecule has 0 radical (unpaired) electrons. The summed E-state index contributed by atoms with van der Waals surface area (Å²) in [5, 5.41) is 0.220. The van der Waals surface area contributed by atoms with E-state index in [4.69, 9.17) is 11.6 Å². The van der Waals surface area contributed by atoms with Crippen LogP contribution in [0.25, 0.3) is 0 Å². The largest absolute Gasteiger partial charge is 0.280 e. The van der Waals surface area contributed by atoms with Crippen LogP contribution in [-0.2, 0) is 10.0 Å². The molecule has 0 bridgehead atoms. The molecule has 2 aromatic rings. The minimum Gasteiger partial charge on any atom is -0.280 e.